The third-order valence-electron chi connectivity index (χ3n) is 7.38. The molecular weight excluding hydrogens is 576 g/mol. The second-order valence-corrected chi connectivity index (χ2v) is 11.0. The van der Waals surface area contributed by atoms with Crippen molar-refractivity contribution in [2.45, 2.75) is 64.8 Å². The van der Waals surface area contributed by atoms with E-state index in [1.807, 2.05) is 43.3 Å². The molecule has 10 heteroatoms. The minimum Gasteiger partial charge on any atom is -0.481 e. The maximum absolute atomic E-state index is 12.6. The Bertz CT molecular complexity index is 1450. The van der Waals surface area contributed by atoms with E-state index in [2.05, 4.69) is 36.5 Å². The predicted molar refractivity (Wildman–Crippen MR) is 157 cm³/mol. The number of rotatable bonds is 8. The molecule has 5 rings (SSSR count). The maximum atomic E-state index is 12.6. The van der Waals surface area contributed by atoms with E-state index >= 15 is 0 Å². The Morgan fingerprint density at radius 1 is 1.10 bits per heavy atom. The highest BCUT2D eigenvalue weighted by molar-refractivity contribution is 9.12. The number of carboxylic acid groups (broad SMARTS) is 2. The van der Waals surface area contributed by atoms with Gasteiger partial charge in [0.25, 0.3) is 0 Å². The van der Waals surface area contributed by atoms with Crippen molar-refractivity contribution < 1.29 is 24.6 Å². The monoisotopic (exact) mass is 608 g/mol. The summed E-state index contributed by atoms with van der Waals surface area (Å²) in [6.45, 7) is 3.55. The molecule has 2 heterocycles. The van der Waals surface area contributed by atoms with Gasteiger partial charge in [0, 0.05) is 47.7 Å². The molecule has 0 saturated heterocycles. The average molecular weight is 610 g/mol. The summed E-state index contributed by atoms with van der Waals surface area (Å²) >= 11 is 3.38. The Morgan fingerprint density at radius 2 is 1.77 bits per heavy atom. The van der Waals surface area contributed by atoms with Crippen LogP contribution in [0.25, 0.3) is 10.8 Å². The molecule has 0 bridgehead atoms. The molecule has 2 aromatic heterocycles. The molecule has 9 nitrogen and oxygen atoms in total. The van der Waals surface area contributed by atoms with Gasteiger partial charge in [-0.15, -0.1) is 0 Å². The SMILES string of the molecule is CCC(=O)O.Cc1cc2ccncc2c(Nc2ccc(C[C@H](NC3=C(Br)C(=O)C34CCCCC4)C(=O)O)cc2)n1. The van der Waals surface area contributed by atoms with Crippen LogP contribution in [0.3, 0.4) is 0 Å². The van der Waals surface area contributed by atoms with Gasteiger partial charge in [-0.05, 0) is 70.9 Å². The van der Waals surface area contributed by atoms with E-state index in [0.29, 0.717) is 10.9 Å². The topological polar surface area (TPSA) is 142 Å². The molecule has 1 fully saturated rings. The first-order chi connectivity index (χ1) is 19.1. The van der Waals surface area contributed by atoms with Crippen LogP contribution in [0, 0.1) is 12.3 Å². The molecule has 3 aromatic rings. The normalized spacial score (nSPS) is 16.5. The Labute approximate surface area is 241 Å². The molecule has 1 atom stereocenters. The van der Waals surface area contributed by atoms with Gasteiger partial charge in [-0.1, -0.05) is 38.3 Å². The number of hydrogen-bond acceptors (Lipinski definition) is 7. The Kier molecular flexibility index (Phi) is 9.19. The van der Waals surface area contributed by atoms with Crippen molar-refractivity contribution in [2.24, 2.45) is 5.41 Å². The fraction of sp³-hybridized carbons (Fsp3) is 0.367. The number of aliphatic carboxylic acids is 2. The van der Waals surface area contributed by atoms with Crippen LogP contribution in [-0.2, 0) is 20.8 Å². The van der Waals surface area contributed by atoms with Crippen molar-refractivity contribution >= 4 is 55.9 Å². The van der Waals surface area contributed by atoms with Gasteiger partial charge in [0.2, 0.25) is 0 Å². The summed E-state index contributed by atoms with van der Waals surface area (Å²) in [5.74, 6) is -0.847. The lowest BCUT2D eigenvalue weighted by Crippen LogP contribution is -2.53. The number of carbonyl (C=O) groups is 3. The molecule has 4 N–H and O–H groups in total. The zero-order valence-electron chi connectivity index (χ0n) is 22.5. The van der Waals surface area contributed by atoms with Crippen molar-refractivity contribution in [2.75, 3.05) is 5.32 Å². The lowest BCUT2D eigenvalue weighted by Gasteiger charge is -2.46. The first-order valence-corrected chi connectivity index (χ1v) is 14.2. The number of ketones is 1. The third kappa shape index (κ3) is 6.33. The van der Waals surface area contributed by atoms with Gasteiger partial charge in [-0.2, -0.15) is 0 Å². The van der Waals surface area contributed by atoms with Gasteiger partial charge in [-0.3, -0.25) is 14.6 Å². The summed E-state index contributed by atoms with van der Waals surface area (Å²) in [7, 11) is 0. The fourth-order valence-electron chi connectivity index (χ4n) is 5.21. The highest BCUT2D eigenvalue weighted by Gasteiger charge is 2.53. The van der Waals surface area contributed by atoms with Gasteiger partial charge in [0.15, 0.2) is 5.78 Å². The minimum absolute atomic E-state index is 0.103. The number of allylic oxidation sites excluding steroid dienone is 2. The highest BCUT2D eigenvalue weighted by Crippen LogP contribution is 2.53. The zero-order valence-corrected chi connectivity index (χ0v) is 24.1. The largest absolute Gasteiger partial charge is 0.481 e. The van der Waals surface area contributed by atoms with E-state index in [9.17, 15) is 19.5 Å². The van der Waals surface area contributed by atoms with E-state index in [-0.39, 0.29) is 12.2 Å². The standard InChI is InChI=1S/C27H27BrN4O3.C3H6O2/c1-16-13-18-9-12-29-15-20(18)25(30-16)31-19-7-5-17(6-8-19)14-21(26(34)35)32-23-22(28)24(33)27(23)10-3-2-4-11-27;1-2-3(4)5/h5-9,12-13,15,21,32H,2-4,10-11,14H2,1H3,(H,30,31)(H,34,35);2H2,1H3,(H,4,5)/t21-;/m0./s1. The fourth-order valence-corrected chi connectivity index (χ4v) is 6.08. The van der Waals surface area contributed by atoms with Crippen molar-refractivity contribution in [1.82, 2.24) is 15.3 Å². The molecule has 40 heavy (non-hydrogen) atoms. The predicted octanol–water partition coefficient (Wildman–Crippen LogP) is 5.89. The van der Waals surface area contributed by atoms with Crippen molar-refractivity contribution in [3.63, 3.8) is 0 Å². The molecule has 0 radical (unpaired) electrons. The first kappa shape index (κ1) is 29.2. The van der Waals surface area contributed by atoms with Gasteiger partial charge in [0.1, 0.15) is 11.9 Å². The van der Waals surface area contributed by atoms with E-state index in [0.717, 1.165) is 71.3 Å². The quantitative estimate of drug-likeness (QED) is 0.246. The second kappa shape index (κ2) is 12.6. The number of benzene rings is 1. The second-order valence-electron chi connectivity index (χ2n) is 10.2. The lowest BCUT2D eigenvalue weighted by atomic mass is 9.62. The van der Waals surface area contributed by atoms with Gasteiger partial charge >= 0.3 is 11.9 Å². The van der Waals surface area contributed by atoms with Crippen LogP contribution in [0.5, 0.6) is 0 Å². The van der Waals surface area contributed by atoms with Crippen molar-refractivity contribution in [3.05, 3.63) is 70.2 Å². The van der Waals surface area contributed by atoms with Crippen LogP contribution in [0.15, 0.2) is 59.0 Å². The van der Waals surface area contributed by atoms with Crippen LogP contribution in [-0.4, -0.2) is 43.9 Å². The Hall–Kier alpha value is -3.79. The smallest absolute Gasteiger partial charge is 0.326 e. The number of anilines is 2. The molecular formula is C30H33BrN4O5. The van der Waals surface area contributed by atoms with Gasteiger partial charge in [0.05, 0.1) is 9.90 Å². The number of fused-ring (bicyclic) bond motifs is 1. The number of Topliss-reactive ketones (excluding diaryl/α,β-unsaturated/α-hetero) is 1. The average Bonchev–Trinajstić information content (AvgIpc) is 2.96. The Balaban J connectivity index is 0.000000681. The molecule has 0 unspecified atom stereocenters. The third-order valence-corrected chi connectivity index (χ3v) is 8.13. The number of carbonyl (C=O) groups excluding carboxylic acids is 1. The number of nitrogens with zero attached hydrogens (tertiary/aromatic N) is 2. The van der Waals surface area contributed by atoms with Gasteiger partial charge in [-0.25, -0.2) is 9.78 Å². The summed E-state index contributed by atoms with van der Waals surface area (Å²) in [5.41, 5.74) is 2.88. The first-order valence-electron chi connectivity index (χ1n) is 13.4. The number of aryl methyl sites for hydroxylation is 1. The highest BCUT2D eigenvalue weighted by atomic mass is 79.9. The van der Waals surface area contributed by atoms with Crippen LogP contribution >= 0.6 is 15.9 Å². The minimum atomic E-state index is -0.937. The zero-order chi connectivity index (χ0) is 28.9. The van der Waals surface area contributed by atoms with Crippen LogP contribution < -0.4 is 10.6 Å². The summed E-state index contributed by atoms with van der Waals surface area (Å²) in [5, 5.41) is 26.2. The van der Waals surface area contributed by atoms with E-state index in [1.165, 1.54) is 0 Å². The van der Waals surface area contributed by atoms with E-state index in [1.54, 1.807) is 19.3 Å². The summed E-state index contributed by atoms with van der Waals surface area (Å²) in [4.78, 5) is 42.9. The number of nitrogens with one attached hydrogen (secondary N) is 2. The number of carboxylic acids is 2. The molecule has 210 valence electrons. The maximum Gasteiger partial charge on any atom is 0.326 e. The van der Waals surface area contributed by atoms with Crippen LogP contribution in [0.4, 0.5) is 11.5 Å². The van der Waals surface area contributed by atoms with Crippen LogP contribution in [0.2, 0.25) is 0 Å². The molecule has 1 spiro atoms. The molecule has 1 saturated carbocycles. The van der Waals surface area contributed by atoms with Gasteiger partial charge < -0.3 is 20.8 Å². The molecule has 0 amide bonds. The van der Waals surface area contributed by atoms with Crippen LogP contribution in [0.1, 0.15) is 56.7 Å². The summed E-state index contributed by atoms with van der Waals surface area (Å²) in [6.07, 6.45) is 8.75. The van der Waals surface area contributed by atoms with E-state index in [4.69, 9.17) is 5.11 Å². The van der Waals surface area contributed by atoms with E-state index < -0.39 is 23.4 Å². The summed E-state index contributed by atoms with van der Waals surface area (Å²) < 4.78 is 0.498. The number of pyridine rings is 2. The Morgan fingerprint density at radius 3 is 2.40 bits per heavy atom. The van der Waals surface area contributed by atoms with Crippen molar-refractivity contribution in [3.8, 4) is 0 Å². The molecule has 0 aliphatic heterocycles. The number of halogens is 1. The van der Waals surface area contributed by atoms with Crippen molar-refractivity contribution in [1.29, 1.82) is 0 Å². The molecule has 1 aromatic carbocycles. The number of hydrogen-bond donors (Lipinski definition) is 4. The molecule has 2 aliphatic rings. The summed E-state index contributed by atoms with van der Waals surface area (Å²) in [6, 6.07) is 10.8. The number of aromatic nitrogens is 2. The molecule has 2 aliphatic carbocycles. The lowest BCUT2D eigenvalue weighted by molar-refractivity contribution is -0.140.